The Balaban J connectivity index is 1.99. The Hall–Kier alpha value is -1.67. The number of rotatable bonds is 2. The fourth-order valence-electron chi connectivity index (χ4n) is 2.12. The van der Waals surface area contributed by atoms with Crippen molar-refractivity contribution in [3.8, 4) is 6.07 Å². The van der Waals surface area contributed by atoms with Crippen molar-refractivity contribution in [3.63, 3.8) is 0 Å². The van der Waals surface area contributed by atoms with Gasteiger partial charge in [-0.15, -0.1) is 0 Å². The summed E-state index contributed by atoms with van der Waals surface area (Å²) in [7, 11) is 0. The molecule has 0 N–H and O–H groups in total. The van der Waals surface area contributed by atoms with Gasteiger partial charge in [0.1, 0.15) is 17.2 Å². The molecule has 2 rings (SSSR count). The first-order chi connectivity index (χ1) is 8.53. The lowest BCUT2D eigenvalue weighted by molar-refractivity contribution is 0.158. The van der Waals surface area contributed by atoms with Crippen molar-refractivity contribution in [1.29, 1.82) is 5.26 Å². The van der Waals surface area contributed by atoms with Crippen LogP contribution in [0.1, 0.15) is 13.8 Å². The predicted octanol–water partition coefficient (Wildman–Crippen LogP) is 1.64. The van der Waals surface area contributed by atoms with Crippen molar-refractivity contribution >= 4 is 5.82 Å². The number of pyridine rings is 1. The summed E-state index contributed by atoms with van der Waals surface area (Å²) in [6.45, 7) is 7.12. The van der Waals surface area contributed by atoms with E-state index in [1.54, 1.807) is 6.07 Å². The number of anilines is 1. The number of piperazine rings is 1. The van der Waals surface area contributed by atoms with Crippen LogP contribution in [0.2, 0.25) is 0 Å². The summed E-state index contributed by atoms with van der Waals surface area (Å²) >= 11 is 0. The van der Waals surface area contributed by atoms with Crippen LogP contribution < -0.4 is 4.90 Å². The second-order valence-electron chi connectivity index (χ2n) is 4.98. The summed E-state index contributed by atoms with van der Waals surface area (Å²) in [5.74, 6) is 0.480. The molecule has 0 aliphatic carbocycles. The molecule has 4 nitrogen and oxygen atoms in total. The van der Waals surface area contributed by atoms with Crippen LogP contribution in [0.25, 0.3) is 0 Å². The van der Waals surface area contributed by atoms with E-state index in [1.807, 2.05) is 13.8 Å². The molecular formula is C13H17FN4. The summed E-state index contributed by atoms with van der Waals surface area (Å²) < 4.78 is 12.8. The van der Waals surface area contributed by atoms with Gasteiger partial charge in [-0.05, 0) is 26.0 Å². The molecule has 2 heterocycles. The Kier molecular flexibility index (Phi) is 3.48. The van der Waals surface area contributed by atoms with Crippen molar-refractivity contribution in [2.45, 2.75) is 19.4 Å². The third-order valence-electron chi connectivity index (χ3n) is 3.38. The third kappa shape index (κ3) is 2.59. The highest BCUT2D eigenvalue weighted by molar-refractivity contribution is 5.38. The van der Waals surface area contributed by atoms with Gasteiger partial charge in [0.15, 0.2) is 0 Å². The minimum atomic E-state index is -0.428. The van der Waals surface area contributed by atoms with Crippen LogP contribution >= 0.6 is 0 Å². The van der Waals surface area contributed by atoms with Gasteiger partial charge in [-0.1, -0.05) is 0 Å². The number of hydrogen-bond acceptors (Lipinski definition) is 4. The summed E-state index contributed by atoms with van der Waals surface area (Å²) in [4.78, 5) is 8.35. The molecular weight excluding hydrogens is 231 g/mol. The van der Waals surface area contributed by atoms with Crippen molar-refractivity contribution < 1.29 is 4.39 Å². The van der Waals surface area contributed by atoms with Crippen LogP contribution in [0.15, 0.2) is 18.3 Å². The molecule has 0 bridgehead atoms. The number of nitriles is 1. The maximum Gasteiger partial charge on any atom is 0.141 e. The second-order valence-corrected chi connectivity index (χ2v) is 4.98. The molecule has 1 fully saturated rings. The molecule has 1 saturated heterocycles. The summed E-state index contributed by atoms with van der Waals surface area (Å²) in [5, 5.41) is 9.10. The fourth-order valence-corrected chi connectivity index (χ4v) is 2.12. The quantitative estimate of drug-likeness (QED) is 0.798. The van der Waals surface area contributed by atoms with Crippen LogP contribution in [0.5, 0.6) is 0 Å². The summed E-state index contributed by atoms with van der Waals surface area (Å²) in [6.07, 6.45) is 1.24. The van der Waals surface area contributed by atoms with Crippen LogP contribution in [-0.4, -0.2) is 41.6 Å². The molecule has 1 aliphatic rings. The van der Waals surface area contributed by atoms with Gasteiger partial charge in [0.05, 0.1) is 12.3 Å². The van der Waals surface area contributed by atoms with Crippen molar-refractivity contribution in [1.82, 2.24) is 9.88 Å². The van der Waals surface area contributed by atoms with Gasteiger partial charge in [-0.2, -0.15) is 5.26 Å². The summed E-state index contributed by atoms with van der Waals surface area (Å²) in [5.41, 5.74) is -0.428. The number of hydrogen-bond donors (Lipinski definition) is 0. The van der Waals surface area contributed by atoms with E-state index in [0.29, 0.717) is 0 Å². The van der Waals surface area contributed by atoms with Crippen LogP contribution in [0.4, 0.5) is 10.2 Å². The normalized spacial score (nSPS) is 17.6. The Morgan fingerprint density at radius 1 is 1.28 bits per heavy atom. The van der Waals surface area contributed by atoms with Gasteiger partial charge in [0, 0.05) is 26.2 Å². The maximum atomic E-state index is 12.8. The summed E-state index contributed by atoms with van der Waals surface area (Å²) in [6, 6.07) is 5.43. The molecule has 1 aromatic rings. The number of halogens is 1. The lowest BCUT2D eigenvalue weighted by Crippen LogP contribution is -2.54. The van der Waals surface area contributed by atoms with E-state index in [-0.39, 0.29) is 5.82 Å². The highest BCUT2D eigenvalue weighted by Gasteiger charge is 2.29. The molecule has 96 valence electrons. The number of nitrogens with zero attached hydrogens (tertiary/aromatic N) is 4. The van der Waals surface area contributed by atoms with Crippen LogP contribution in [0, 0.1) is 17.1 Å². The first kappa shape index (κ1) is 12.8. The zero-order valence-corrected chi connectivity index (χ0v) is 10.7. The largest absolute Gasteiger partial charge is 0.354 e. The van der Waals surface area contributed by atoms with Gasteiger partial charge in [-0.3, -0.25) is 4.90 Å². The second kappa shape index (κ2) is 4.91. The molecule has 0 spiro atoms. The topological polar surface area (TPSA) is 43.2 Å². The highest BCUT2D eigenvalue weighted by Crippen LogP contribution is 2.19. The molecule has 5 heteroatoms. The van der Waals surface area contributed by atoms with E-state index in [0.717, 1.165) is 32.0 Å². The Morgan fingerprint density at radius 2 is 1.94 bits per heavy atom. The van der Waals surface area contributed by atoms with Gasteiger partial charge < -0.3 is 4.90 Å². The van der Waals surface area contributed by atoms with Gasteiger partial charge in [-0.25, -0.2) is 9.37 Å². The molecule has 18 heavy (non-hydrogen) atoms. The van der Waals surface area contributed by atoms with Gasteiger partial charge in [0.2, 0.25) is 0 Å². The smallest absolute Gasteiger partial charge is 0.141 e. The van der Waals surface area contributed by atoms with E-state index in [2.05, 4.69) is 20.9 Å². The van der Waals surface area contributed by atoms with E-state index in [9.17, 15) is 4.39 Å². The first-order valence-corrected chi connectivity index (χ1v) is 6.06. The molecule has 0 unspecified atom stereocenters. The molecule has 0 radical (unpaired) electrons. The predicted molar refractivity (Wildman–Crippen MR) is 67.7 cm³/mol. The van der Waals surface area contributed by atoms with Crippen molar-refractivity contribution in [3.05, 3.63) is 24.1 Å². The van der Waals surface area contributed by atoms with E-state index in [4.69, 9.17) is 5.26 Å². The van der Waals surface area contributed by atoms with E-state index >= 15 is 0 Å². The minimum absolute atomic E-state index is 0.317. The average Bonchev–Trinajstić information content (AvgIpc) is 2.40. The van der Waals surface area contributed by atoms with Crippen LogP contribution in [-0.2, 0) is 0 Å². The molecule has 1 aliphatic heterocycles. The zero-order valence-electron chi connectivity index (χ0n) is 10.7. The average molecular weight is 248 g/mol. The van der Waals surface area contributed by atoms with Crippen molar-refractivity contribution in [2.24, 2.45) is 0 Å². The lowest BCUT2D eigenvalue weighted by Gasteiger charge is -2.40. The van der Waals surface area contributed by atoms with Gasteiger partial charge in [0.25, 0.3) is 0 Å². The maximum absolute atomic E-state index is 12.8. The minimum Gasteiger partial charge on any atom is -0.354 e. The van der Waals surface area contributed by atoms with E-state index in [1.165, 1.54) is 12.3 Å². The number of aromatic nitrogens is 1. The Labute approximate surface area is 107 Å². The fraction of sp³-hybridized carbons (Fsp3) is 0.538. The Bertz CT molecular complexity index is 441. The lowest BCUT2D eigenvalue weighted by atomic mass is 10.0. The standard InChI is InChI=1S/C13H17FN4/c1-13(2,10-15)18-7-5-17(6-8-18)12-4-3-11(14)9-16-12/h3-4,9H,5-8H2,1-2H3. The molecule has 0 aromatic carbocycles. The van der Waals surface area contributed by atoms with Crippen molar-refractivity contribution in [2.75, 3.05) is 31.1 Å². The van der Waals surface area contributed by atoms with Crippen LogP contribution in [0.3, 0.4) is 0 Å². The monoisotopic (exact) mass is 248 g/mol. The highest BCUT2D eigenvalue weighted by atomic mass is 19.1. The molecule has 0 saturated carbocycles. The molecule has 0 amide bonds. The molecule has 0 atom stereocenters. The molecule has 1 aromatic heterocycles. The zero-order chi connectivity index (χ0) is 13.2. The first-order valence-electron chi connectivity index (χ1n) is 6.06. The van der Waals surface area contributed by atoms with E-state index < -0.39 is 5.54 Å². The van der Waals surface area contributed by atoms with Gasteiger partial charge >= 0.3 is 0 Å². The third-order valence-corrected chi connectivity index (χ3v) is 3.38. The Morgan fingerprint density at radius 3 is 2.44 bits per heavy atom. The SMILES string of the molecule is CC(C)(C#N)N1CCN(c2ccc(F)cn2)CC1.